The van der Waals surface area contributed by atoms with E-state index in [1.54, 1.807) is 20.3 Å². The van der Waals surface area contributed by atoms with Crippen molar-refractivity contribution in [3.63, 3.8) is 0 Å². The highest BCUT2D eigenvalue weighted by molar-refractivity contribution is 5.92. The molecule has 1 aromatic heterocycles. The molecule has 0 aliphatic heterocycles. The van der Waals surface area contributed by atoms with Gasteiger partial charge in [-0.15, -0.1) is 0 Å². The number of pyridine rings is 1. The number of nitrogens with zero attached hydrogens (tertiary/aromatic N) is 1. The summed E-state index contributed by atoms with van der Waals surface area (Å²) < 4.78 is 10.4. The van der Waals surface area contributed by atoms with Crippen LogP contribution in [0.3, 0.4) is 0 Å². The number of aryl methyl sites for hydroxylation is 1. The smallest absolute Gasteiger partial charge is 0.161 e. The monoisotopic (exact) mass is 219 g/mol. The fraction of sp³-hybridized carbons (Fsp3) is 0.250. The van der Waals surface area contributed by atoms with Gasteiger partial charge in [0.1, 0.15) is 5.75 Å². The summed E-state index contributed by atoms with van der Waals surface area (Å²) in [6.07, 6.45) is 1.43. The minimum Gasteiger partial charge on any atom is -0.506 e. The molecule has 0 atom stereocenters. The molecule has 2 rings (SSSR count). The van der Waals surface area contributed by atoms with Crippen LogP contribution in [-0.2, 0) is 0 Å². The molecular weight excluding hydrogens is 206 g/mol. The van der Waals surface area contributed by atoms with Crippen LogP contribution in [0.15, 0.2) is 18.3 Å². The van der Waals surface area contributed by atoms with E-state index in [4.69, 9.17) is 9.47 Å². The van der Waals surface area contributed by atoms with E-state index in [0.29, 0.717) is 16.9 Å². The third-order valence-electron chi connectivity index (χ3n) is 2.57. The van der Waals surface area contributed by atoms with Crippen molar-refractivity contribution in [2.45, 2.75) is 6.92 Å². The maximum Gasteiger partial charge on any atom is 0.161 e. The molecule has 0 aliphatic rings. The lowest BCUT2D eigenvalue weighted by Gasteiger charge is -2.10. The summed E-state index contributed by atoms with van der Waals surface area (Å²) in [5.74, 6) is 1.36. The van der Waals surface area contributed by atoms with E-state index < -0.39 is 0 Å². The first-order valence-electron chi connectivity index (χ1n) is 4.87. The summed E-state index contributed by atoms with van der Waals surface area (Å²) in [7, 11) is 3.14. The fourth-order valence-corrected chi connectivity index (χ4v) is 1.69. The van der Waals surface area contributed by atoms with Crippen LogP contribution in [-0.4, -0.2) is 24.3 Å². The van der Waals surface area contributed by atoms with E-state index >= 15 is 0 Å². The standard InChI is InChI=1S/C12H13NO3/c1-7-8-4-11(15-2)12(16-3)5-9(8)10(14)6-13-7/h4-6,14H,1-3H3. The third kappa shape index (κ3) is 1.52. The van der Waals surface area contributed by atoms with Crippen LogP contribution in [0.4, 0.5) is 0 Å². The highest BCUT2D eigenvalue weighted by Gasteiger charge is 2.10. The molecule has 1 heterocycles. The van der Waals surface area contributed by atoms with Gasteiger partial charge < -0.3 is 14.6 Å². The molecule has 4 heteroatoms. The van der Waals surface area contributed by atoms with Crippen LogP contribution >= 0.6 is 0 Å². The molecule has 0 spiro atoms. The van der Waals surface area contributed by atoms with Gasteiger partial charge in [-0.3, -0.25) is 4.98 Å². The Kier molecular flexibility index (Phi) is 2.56. The van der Waals surface area contributed by atoms with E-state index in [-0.39, 0.29) is 5.75 Å². The Balaban J connectivity index is 2.82. The zero-order chi connectivity index (χ0) is 11.7. The molecule has 2 aromatic rings. The van der Waals surface area contributed by atoms with Crippen molar-refractivity contribution in [2.75, 3.05) is 14.2 Å². The molecule has 1 N–H and O–H groups in total. The first kappa shape index (κ1) is 10.5. The maximum atomic E-state index is 9.72. The third-order valence-corrected chi connectivity index (χ3v) is 2.57. The van der Waals surface area contributed by atoms with Crippen molar-refractivity contribution >= 4 is 10.8 Å². The normalized spacial score (nSPS) is 10.4. The first-order valence-corrected chi connectivity index (χ1v) is 4.87. The lowest BCUT2D eigenvalue weighted by atomic mass is 10.1. The average Bonchev–Trinajstić information content (AvgIpc) is 2.32. The second-order valence-corrected chi connectivity index (χ2v) is 3.48. The van der Waals surface area contributed by atoms with Gasteiger partial charge in [0, 0.05) is 16.5 Å². The summed E-state index contributed by atoms with van der Waals surface area (Å²) in [4.78, 5) is 4.09. The Morgan fingerprint density at radius 3 is 2.19 bits per heavy atom. The number of methoxy groups -OCH3 is 2. The molecule has 0 amide bonds. The number of hydrogen-bond donors (Lipinski definition) is 1. The zero-order valence-electron chi connectivity index (χ0n) is 9.44. The van der Waals surface area contributed by atoms with Crippen LogP contribution in [0.25, 0.3) is 10.8 Å². The molecule has 84 valence electrons. The van der Waals surface area contributed by atoms with Crippen LogP contribution in [0.2, 0.25) is 0 Å². The molecule has 0 aliphatic carbocycles. The number of hydrogen-bond acceptors (Lipinski definition) is 4. The van der Waals surface area contributed by atoms with Gasteiger partial charge in [0.25, 0.3) is 0 Å². The lowest BCUT2D eigenvalue weighted by molar-refractivity contribution is 0.355. The summed E-state index contributed by atoms with van der Waals surface area (Å²) in [6, 6.07) is 3.56. The zero-order valence-corrected chi connectivity index (χ0v) is 9.44. The van der Waals surface area contributed by atoms with Gasteiger partial charge in [0.05, 0.1) is 20.4 Å². The average molecular weight is 219 g/mol. The molecule has 1 aromatic carbocycles. The first-order chi connectivity index (χ1) is 7.67. The molecule has 0 saturated carbocycles. The second kappa shape index (κ2) is 3.89. The quantitative estimate of drug-likeness (QED) is 0.841. The van der Waals surface area contributed by atoms with Gasteiger partial charge in [-0.1, -0.05) is 0 Å². The summed E-state index contributed by atoms with van der Waals surface area (Å²) in [6.45, 7) is 1.88. The Morgan fingerprint density at radius 2 is 1.62 bits per heavy atom. The van der Waals surface area contributed by atoms with Gasteiger partial charge in [-0.05, 0) is 19.1 Å². The predicted octanol–water partition coefficient (Wildman–Crippen LogP) is 2.27. The summed E-state index contributed by atoms with van der Waals surface area (Å²) >= 11 is 0. The van der Waals surface area contributed by atoms with Crippen LogP contribution in [0, 0.1) is 6.92 Å². The van der Waals surface area contributed by atoms with Crippen LogP contribution < -0.4 is 9.47 Å². The Bertz CT molecular complexity index is 489. The molecule has 4 nitrogen and oxygen atoms in total. The fourth-order valence-electron chi connectivity index (χ4n) is 1.69. The van der Waals surface area contributed by atoms with E-state index in [1.165, 1.54) is 6.20 Å². The van der Waals surface area contributed by atoms with E-state index in [0.717, 1.165) is 11.1 Å². The summed E-state index contributed by atoms with van der Waals surface area (Å²) in [5.41, 5.74) is 0.841. The van der Waals surface area contributed by atoms with Gasteiger partial charge in [0.15, 0.2) is 11.5 Å². The minimum atomic E-state index is 0.140. The summed E-state index contributed by atoms with van der Waals surface area (Å²) in [5, 5.41) is 11.3. The molecular formula is C12H13NO3. The SMILES string of the molecule is COc1cc2c(O)cnc(C)c2cc1OC. The Hall–Kier alpha value is -1.97. The number of fused-ring (bicyclic) bond motifs is 1. The van der Waals surface area contributed by atoms with Gasteiger partial charge >= 0.3 is 0 Å². The Labute approximate surface area is 93.4 Å². The van der Waals surface area contributed by atoms with Crippen molar-refractivity contribution in [3.8, 4) is 17.2 Å². The Morgan fingerprint density at radius 1 is 1.06 bits per heavy atom. The molecule has 0 saturated heterocycles. The molecule has 0 unspecified atom stereocenters. The van der Waals surface area contributed by atoms with E-state index in [9.17, 15) is 5.11 Å². The largest absolute Gasteiger partial charge is 0.506 e. The van der Waals surface area contributed by atoms with Gasteiger partial charge in [0.2, 0.25) is 0 Å². The minimum absolute atomic E-state index is 0.140. The number of rotatable bonds is 2. The molecule has 0 fully saturated rings. The number of benzene rings is 1. The highest BCUT2D eigenvalue weighted by atomic mass is 16.5. The molecule has 0 bridgehead atoms. The second-order valence-electron chi connectivity index (χ2n) is 3.48. The number of aromatic hydroxyl groups is 1. The highest BCUT2D eigenvalue weighted by Crippen LogP contribution is 2.36. The van der Waals surface area contributed by atoms with Gasteiger partial charge in [-0.25, -0.2) is 0 Å². The number of aromatic nitrogens is 1. The van der Waals surface area contributed by atoms with Gasteiger partial charge in [-0.2, -0.15) is 0 Å². The topological polar surface area (TPSA) is 51.6 Å². The van der Waals surface area contributed by atoms with E-state index in [1.807, 2.05) is 13.0 Å². The van der Waals surface area contributed by atoms with Crippen molar-refractivity contribution in [1.82, 2.24) is 4.98 Å². The van der Waals surface area contributed by atoms with Crippen LogP contribution in [0.1, 0.15) is 5.69 Å². The predicted molar refractivity (Wildman–Crippen MR) is 61.2 cm³/mol. The number of ether oxygens (including phenoxy) is 2. The maximum absolute atomic E-state index is 9.72. The van der Waals surface area contributed by atoms with Crippen LogP contribution in [0.5, 0.6) is 17.2 Å². The van der Waals surface area contributed by atoms with Crippen molar-refractivity contribution in [2.24, 2.45) is 0 Å². The van der Waals surface area contributed by atoms with E-state index in [2.05, 4.69) is 4.98 Å². The van der Waals surface area contributed by atoms with Crippen molar-refractivity contribution in [3.05, 3.63) is 24.0 Å². The molecule has 0 radical (unpaired) electrons. The molecule has 16 heavy (non-hydrogen) atoms. The van der Waals surface area contributed by atoms with Crippen molar-refractivity contribution < 1.29 is 14.6 Å². The lowest BCUT2D eigenvalue weighted by Crippen LogP contribution is -1.92. The van der Waals surface area contributed by atoms with Crippen molar-refractivity contribution in [1.29, 1.82) is 0 Å².